The van der Waals surface area contributed by atoms with Gasteiger partial charge in [0, 0.05) is 19.3 Å². The van der Waals surface area contributed by atoms with Crippen molar-refractivity contribution in [2.75, 3.05) is 18.0 Å². The number of morpholine rings is 1. The van der Waals surface area contributed by atoms with Crippen LogP contribution in [0.25, 0.3) is 17.0 Å². The van der Waals surface area contributed by atoms with Crippen molar-refractivity contribution in [3.8, 4) is 11.4 Å². The van der Waals surface area contributed by atoms with Gasteiger partial charge in [0.25, 0.3) is 0 Å². The molecule has 0 aromatic carbocycles. The number of aromatic nitrogens is 5. The Morgan fingerprint density at radius 2 is 2.00 bits per heavy atom. The lowest BCUT2D eigenvalue weighted by molar-refractivity contribution is -0.00551. The Labute approximate surface area is 127 Å². The Morgan fingerprint density at radius 1 is 1.18 bits per heavy atom. The summed E-state index contributed by atoms with van der Waals surface area (Å²) < 4.78 is 7.63. The zero-order chi connectivity index (χ0) is 15.1. The van der Waals surface area contributed by atoms with Crippen LogP contribution in [-0.4, -0.2) is 50.1 Å². The molecule has 0 radical (unpaired) electrons. The molecule has 0 aliphatic carbocycles. The van der Waals surface area contributed by atoms with Crippen molar-refractivity contribution in [1.29, 1.82) is 0 Å². The van der Waals surface area contributed by atoms with Gasteiger partial charge in [-0.15, -0.1) is 5.10 Å². The highest BCUT2D eigenvalue weighted by Gasteiger charge is 2.23. The minimum atomic E-state index is 0.204. The van der Waals surface area contributed by atoms with Gasteiger partial charge in [0.2, 0.25) is 0 Å². The van der Waals surface area contributed by atoms with Crippen LogP contribution in [0.3, 0.4) is 0 Å². The molecule has 1 fully saturated rings. The molecule has 114 valence electrons. The SMILES string of the molecule is C[C@@H]1CN(c2ccc3ncc(-c4cc[nH]n4)n3n2)C[C@H](C)O1. The molecule has 0 amide bonds. The van der Waals surface area contributed by atoms with E-state index in [1.165, 1.54) is 0 Å². The summed E-state index contributed by atoms with van der Waals surface area (Å²) in [5.74, 6) is 0.935. The van der Waals surface area contributed by atoms with Gasteiger partial charge in [-0.2, -0.15) is 5.10 Å². The summed E-state index contributed by atoms with van der Waals surface area (Å²) >= 11 is 0. The van der Waals surface area contributed by atoms with E-state index in [0.717, 1.165) is 35.9 Å². The van der Waals surface area contributed by atoms with Crippen LogP contribution in [0.1, 0.15) is 13.8 Å². The maximum absolute atomic E-state index is 5.79. The Balaban J connectivity index is 1.75. The first-order valence-corrected chi connectivity index (χ1v) is 7.46. The van der Waals surface area contributed by atoms with Crippen molar-refractivity contribution < 1.29 is 4.74 Å². The van der Waals surface area contributed by atoms with Crippen LogP contribution >= 0.6 is 0 Å². The standard InChI is InChI=1S/C15H18N6O/c1-10-8-20(9-11(2)22-10)15-4-3-14-16-7-13(21(14)19-15)12-5-6-17-18-12/h3-7,10-11H,8-9H2,1-2H3,(H,17,18)/t10-,11+. The molecule has 2 atom stereocenters. The first-order valence-electron chi connectivity index (χ1n) is 7.46. The lowest BCUT2D eigenvalue weighted by Gasteiger charge is -2.35. The normalized spacial score (nSPS) is 22.4. The molecule has 0 unspecified atom stereocenters. The van der Waals surface area contributed by atoms with Crippen molar-refractivity contribution in [3.05, 3.63) is 30.6 Å². The number of nitrogens with one attached hydrogen (secondary N) is 1. The highest BCUT2D eigenvalue weighted by molar-refractivity contribution is 5.60. The minimum Gasteiger partial charge on any atom is -0.372 e. The summed E-state index contributed by atoms with van der Waals surface area (Å²) in [5.41, 5.74) is 2.53. The molecule has 1 N–H and O–H groups in total. The molecule has 7 heteroatoms. The Morgan fingerprint density at radius 3 is 2.73 bits per heavy atom. The summed E-state index contributed by atoms with van der Waals surface area (Å²) in [6, 6.07) is 5.92. The fourth-order valence-corrected chi connectivity index (χ4v) is 2.97. The van der Waals surface area contributed by atoms with E-state index < -0.39 is 0 Å². The van der Waals surface area contributed by atoms with E-state index in [1.54, 1.807) is 12.4 Å². The molecule has 4 heterocycles. The fraction of sp³-hybridized carbons (Fsp3) is 0.400. The van der Waals surface area contributed by atoms with E-state index in [0.29, 0.717) is 0 Å². The second-order valence-electron chi connectivity index (χ2n) is 5.73. The predicted octanol–water partition coefficient (Wildman–Crippen LogP) is 1.73. The quantitative estimate of drug-likeness (QED) is 0.780. The molecule has 0 spiro atoms. The highest BCUT2D eigenvalue weighted by atomic mass is 16.5. The molecule has 3 aromatic heterocycles. The smallest absolute Gasteiger partial charge is 0.154 e. The van der Waals surface area contributed by atoms with Gasteiger partial charge in [0.05, 0.1) is 18.4 Å². The van der Waals surface area contributed by atoms with Crippen LogP contribution in [0.15, 0.2) is 30.6 Å². The van der Waals surface area contributed by atoms with Gasteiger partial charge in [-0.05, 0) is 32.0 Å². The first-order chi connectivity index (χ1) is 10.7. The Hall–Kier alpha value is -2.41. The van der Waals surface area contributed by atoms with Gasteiger partial charge in [-0.3, -0.25) is 5.10 Å². The van der Waals surface area contributed by atoms with Crippen molar-refractivity contribution in [1.82, 2.24) is 24.8 Å². The molecule has 4 rings (SSSR count). The van der Waals surface area contributed by atoms with E-state index in [9.17, 15) is 0 Å². The highest BCUT2D eigenvalue weighted by Crippen LogP contribution is 2.22. The van der Waals surface area contributed by atoms with Gasteiger partial charge in [-0.1, -0.05) is 0 Å². The second kappa shape index (κ2) is 5.10. The number of aromatic amines is 1. The summed E-state index contributed by atoms with van der Waals surface area (Å²) in [6.45, 7) is 5.87. The molecule has 0 saturated carbocycles. The lowest BCUT2D eigenvalue weighted by Crippen LogP contribution is -2.46. The number of anilines is 1. The van der Waals surface area contributed by atoms with Crippen LogP contribution in [0, 0.1) is 0 Å². The lowest BCUT2D eigenvalue weighted by atomic mass is 10.2. The van der Waals surface area contributed by atoms with Crippen molar-refractivity contribution in [2.45, 2.75) is 26.1 Å². The maximum atomic E-state index is 5.79. The monoisotopic (exact) mass is 298 g/mol. The number of hydrogen-bond donors (Lipinski definition) is 1. The van der Waals surface area contributed by atoms with Gasteiger partial charge < -0.3 is 9.64 Å². The van der Waals surface area contributed by atoms with Crippen molar-refractivity contribution in [2.24, 2.45) is 0 Å². The summed E-state index contributed by atoms with van der Waals surface area (Å²) in [5, 5.41) is 11.8. The zero-order valence-corrected chi connectivity index (χ0v) is 12.6. The average Bonchev–Trinajstić information content (AvgIpc) is 3.14. The Kier molecular flexibility index (Phi) is 3.07. The second-order valence-corrected chi connectivity index (χ2v) is 5.73. The van der Waals surface area contributed by atoms with Crippen LogP contribution in [0.4, 0.5) is 5.82 Å². The third kappa shape index (κ3) is 2.23. The molecule has 22 heavy (non-hydrogen) atoms. The van der Waals surface area contributed by atoms with Crippen LogP contribution < -0.4 is 4.90 Å². The molecule has 1 aliphatic rings. The molecule has 0 bridgehead atoms. The molecule has 1 saturated heterocycles. The number of rotatable bonds is 2. The summed E-state index contributed by atoms with van der Waals surface area (Å²) in [4.78, 5) is 6.65. The van der Waals surface area contributed by atoms with E-state index in [2.05, 4.69) is 33.9 Å². The van der Waals surface area contributed by atoms with E-state index in [1.807, 2.05) is 22.7 Å². The topological polar surface area (TPSA) is 71.3 Å². The first kappa shape index (κ1) is 13.3. The Bertz CT molecular complexity index is 771. The van der Waals surface area contributed by atoms with E-state index >= 15 is 0 Å². The number of fused-ring (bicyclic) bond motifs is 1. The minimum absolute atomic E-state index is 0.204. The molecular weight excluding hydrogens is 280 g/mol. The predicted molar refractivity (Wildman–Crippen MR) is 82.8 cm³/mol. The molecule has 7 nitrogen and oxygen atoms in total. The largest absolute Gasteiger partial charge is 0.372 e. The van der Waals surface area contributed by atoms with Gasteiger partial charge >= 0.3 is 0 Å². The number of nitrogens with zero attached hydrogens (tertiary/aromatic N) is 5. The van der Waals surface area contributed by atoms with Crippen molar-refractivity contribution in [3.63, 3.8) is 0 Å². The number of ether oxygens (including phenoxy) is 1. The molecular formula is C15H18N6O. The number of hydrogen-bond acceptors (Lipinski definition) is 5. The van der Waals surface area contributed by atoms with Crippen molar-refractivity contribution >= 4 is 11.5 Å². The zero-order valence-electron chi connectivity index (χ0n) is 12.6. The third-order valence-electron chi connectivity index (χ3n) is 3.86. The van der Waals surface area contributed by atoms with Gasteiger partial charge in [0.15, 0.2) is 5.65 Å². The van der Waals surface area contributed by atoms with E-state index in [4.69, 9.17) is 9.84 Å². The van der Waals surface area contributed by atoms with Gasteiger partial charge in [-0.25, -0.2) is 9.50 Å². The van der Waals surface area contributed by atoms with Gasteiger partial charge in [0.1, 0.15) is 17.2 Å². The summed E-state index contributed by atoms with van der Waals surface area (Å²) in [6.07, 6.45) is 4.00. The average molecular weight is 298 g/mol. The fourth-order valence-electron chi connectivity index (χ4n) is 2.97. The summed E-state index contributed by atoms with van der Waals surface area (Å²) in [7, 11) is 0. The van der Waals surface area contributed by atoms with E-state index in [-0.39, 0.29) is 12.2 Å². The van der Waals surface area contributed by atoms with Crippen LogP contribution in [-0.2, 0) is 4.74 Å². The third-order valence-corrected chi connectivity index (χ3v) is 3.86. The maximum Gasteiger partial charge on any atom is 0.154 e. The number of imidazole rings is 1. The van der Waals surface area contributed by atoms with Crippen LogP contribution in [0.5, 0.6) is 0 Å². The molecule has 3 aromatic rings. The molecule has 1 aliphatic heterocycles. The van der Waals surface area contributed by atoms with Crippen LogP contribution in [0.2, 0.25) is 0 Å². The number of H-pyrrole nitrogens is 1.